The molecule has 0 radical (unpaired) electrons. The van der Waals surface area contributed by atoms with Gasteiger partial charge in [0.25, 0.3) is 0 Å². The van der Waals surface area contributed by atoms with Gasteiger partial charge in [0.1, 0.15) is 6.61 Å². The van der Waals surface area contributed by atoms with Crippen molar-refractivity contribution in [1.82, 2.24) is 0 Å². The van der Waals surface area contributed by atoms with Gasteiger partial charge in [0.2, 0.25) is 5.75 Å². The van der Waals surface area contributed by atoms with E-state index in [1.54, 1.807) is 0 Å². The Morgan fingerprint density at radius 2 is 1.76 bits per heavy atom. The molecule has 0 amide bonds. The maximum atomic E-state index is 12.6. The molecule has 7 nitrogen and oxygen atoms in total. The first kappa shape index (κ1) is 23.6. The van der Waals surface area contributed by atoms with Crippen molar-refractivity contribution in [3.63, 3.8) is 0 Å². The van der Waals surface area contributed by atoms with Crippen LogP contribution in [0.25, 0.3) is 0 Å². The van der Waals surface area contributed by atoms with Crippen molar-refractivity contribution in [3.8, 4) is 11.5 Å². The number of nitro benzene ring substituents is 1. The number of hydrogen-bond donors (Lipinski definition) is 1. The normalized spacial score (nSPS) is 11.4. The van der Waals surface area contributed by atoms with E-state index in [0.29, 0.717) is 11.3 Å². The number of benzene rings is 3. The van der Waals surface area contributed by atoms with Crippen molar-refractivity contribution >= 4 is 17.6 Å². The van der Waals surface area contributed by atoms with Crippen LogP contribution in [0.5, 0.6) is 11.5 Å². The number of nitrogens with one attached hydrogen (secondary N) is 1. The fourth-order valence-electron chi connectivity index (χ4n) is 2.87. The van der Waals surface area contributed by atoms with Crippen molar-refractivity contribution < 1.29 is 27.6 Å². The summed E-state index contributed by atoms with van der Waals surface area (Å²) < 4.78 is 48.9. The van der Waals surface area contributed by atoms with Crippen molar-refractivity contribution in [3.05, 3.63) is 93.0 Å². The molecule has 0 atom stereocenters. The molecule has 0 aliphatic carbocycles. The summed E-state index contributed by atoms with van der Waals surface area (Å²) >= 11 is 0. The average molecular weight is 459 g/mol. The molecule has 0 aromatic heterocycles. The van der Waals surface area contributed by atoms with Crippen molar-refractivity contribution in [2.24, 2.45) is 5.10 Å². The highest BCUT2D eigenvalue weighted by Crippen LogP contribution is 2.38. The maximum Gasteiger partial charge on any atom is 0.416 e. The van der Waals surface area contributed by atoms with Crippen LogP contribution in [0.2, 0.25) is 0 Å². The zero-order valence-corrected chi connectivity index (χ0v) is 17.7. The number of aryl methyl sites for hydroxylation is 1. The first-order valence-corrected chi connectivity index (χ1v) is 9.68. The second-order valence-corrected chi connectivity index (χ2v) is 7.05. The Hall–Kier alpha value is -4.08. The Kier molecular flexibility index (Phi) is 7.17. The lowest BCUT2D eigenvalue weighted by Crippen LogP contribution is -2.04. The van der Waals surface area contributed by atoms with Crippen LogP contribution in [-0.2, 0) is 12.8 Å². The van der Waals surface area contributed by atoms with Crippen molar-refractivity contribution in [2.45, 2.75) is 19.7 Å². The van der Waals surface area contributed by atoms with Gasteiger partial charge in [0, 0.05) is 11.6 Å². The molecule has 0 saturated heterocycles. The smallest absolute Gasteiger partial charge is 0.416 e. The van der Waals surface area contributed by atoms with Gasteiger partial charge in [-0.25, -0.2) is 0 Å². The molecule has 33 heavy (non-hydrogen) atoms. The fourth-order valence-corrected chi connectivity index (χ4v) is 2.87. The molecule has 0 bridgehead atoms. The molecule has 10 heteroatoms. The number of hydrogen-bond acceptors (Lipinski definition) is 6. The van der Waals surface area contributed by atoms with E-state index in [-0.39, 0.29) is 23.8 Å². The number of hydrazone groups is 1. The first-order chi connectivity index (χ1) is 15.7. The summed E-state index contributed by atoms with van der Waals surface area (Å²) in [4.78, 5) is 11.0. The summed E-state index contributed by atoms with van der Waals surface area (Å²) in [6.45, 7) is 2.06. The monoisotopic (exact) mass is 459 g/mol. The van der Waals surface area contributed by atoms with Crippen LogP contribution in [0.4, 0.5) is 24.5 Å². The molecule has 0 fully saturated rings. The van der Waals surface area contributed by atoms with E-state index < -0.39 is 16.7 Å². The summed E-state index contributed by atoms with van der Waals surface area (Å²) in [5.74, 6) is 0.128. The van der Waals surface area contributed by atoms with Gasteiger partial charge < -0.3 is 9.47 Å². The van der Waals surface area contributed by atoms with Crippen LogP contribution in [0.15, 0.2) is 65.8 Å². The number of anilines is 1. The van der Waals surface area contributed by atoms with E-state index in [4.69, 9.17) is 9.47 Å². The molecule has 3 aromatic rings. The van der Waals surface area contributed by atoms with Gasteiger partial charge in [-0.15, -0.1) is 0 Å². The third-order valence-corrected chi connectivity index (χ3v) is 4.60. The van der Waals surface area contributed by atoms with Crippen molar-refractivity contribution in [1.29, 1.82) is 0 Å². The van der Waals surface area contributed by atoms with Crippen LogP contribution >= 0.6 is 0 Å². The minimum Gasteiger partial charge on any atom is -0.493 e. The lowest BCUT2D eigenvalue weighted by molar-refractivity contribution is -0.386. The Morgan fingerprint density at radius 1 is 1.09 bits per heavy atom. The number of halogens is 3. The first-order valence-electron chi connectivity index (χ1n) is 9.68. The van der Waals surface area contributed by atoms with Crippen LogP contribution in [0, 0.1) is 17.0 Å². The van der Waals surface area contributed by atoms with E-state index in [1.165, 1.54) is 37.6 Å². The third-order valence-electron chi connectivity index (χ3n) is 4.60. The average Bonchev–Trinajstić information content (AvgIpc) is 2.78. The Morgan fingerprint density at radius 3 is 2.33 bits per heavy atom. The van der Waals surface area contributed by atoms with Gasteiger partial charge in [-0.1, -0.05) is 29.8 Å². The lowest BCUT2D eigenvalue weighted by Gasteiger charge is -2.12. The topological polar surface area (TPSA) is 86.0 Å². The van der Waals surface area contributed by atoms with E-state index in [1.807, 2.05) is 31.2 Å². The predicted octanol–water partition coefficient (Wildman–Crippen LogP) is 5.96. The minimum atomic E-state index is -4.43. The van der Waals surface area contributed by atoms with Crippen molar-refractivity contribution in [2.75, 3.05) is 12.5 Å². The summed E-state index contributed by atoms with van der Waals surface area (Å²) in [5.41, 5.74) is 4.07. The van der Waals surface area contributed by atoms with E-state index >= 15 is 0 Å². The van der Waals surface area contributed by atoms with Gasteiger partial charge in [0.05, 0.1) is 29.5 Å². The molecule has 0 aliphatic heterocycles. The third kappa shape index (κ3) is 6.22. The quantitative estimate of drug-likeness (QED) is 0.255. The van der Waals surface area contributed by atoms with Crippen LogP contribution in [-0.4, -0.2) is 18.2 Å². The molecule has 1 N–H and O–H groups in total. The molecule has 172 valence electrons. The molecular formula is C23H20F3N3O4. The second kappa shape index (κ2) is 10.0. The fraction of sp³-hybridized carbons (Fsp3) is 0.174. The molecule has 0 heterocycles. The summed E-state index contributed by atoms with van der Waals surface area (Å²) in [7, 11) is 1.36. The number of ether oxygens (including phenoxy) is 2. The Balaban J connectivity index is 1.78. The molecule has 0 aliphatic rings. The number of methoxy groups -OCH3 is 1. The minimum absolute atomic E-state index is 0.0177. The Labute approximate surface area is 187 Å². The van der Waals surface area contributed by atoms with E-state index in [9.17, 15) is 23.3 Å². The standard InChI is InChI=1S/C23H20F3N3O4/c1-15-3-5-16(6-4-15)14-33-22-20(29(30)31)11-17(12-21(22)32-2)13-27-28-19-9-7-18(8-10-19)23(24,25)26/h3-13,28H,14H2,1-2H3. The summed E-state index contributed by atoms with van der Waals surface area (Å²) in [6, 6.07) is 14.6. The zero-order chi connectivity index (χ0) is 24.0. The van der Waals surface area contributed by atoms with Gasteiger partial charge in [-0.05, 0) is 42.8 Å². The highest BCUT2D eigenvalue weighted by atomic mass is 19.4. The van der Waals surface area contributed by atoms with Crippen LogP contribution in [0.1, 0.15) is 22.3 Å². The summed E-state index contributed by atoms with van der Waals surface area (Å²) in [6.07, 6.45) is -3.14. The number of alkyl halides is 3. The zero-order valence-electron chi connectivity index (χ0n) is 17.7. The molecular weight excluding hydrogens is 439 g/mol. The van der Waals surface area contributed by atoms with Crippen LogP contribution < -0.4 is 14.9 Å². The van der Waals surface area contributed by atoms with Gasteiger partial charge in [-0.3, -0.25) is 15.5 Å². The molecule has 3 aromatic carbocycles. The van der Waals surface area contributed by atoms with Gasteiger partial charge in [-0.2, -0.15) is 18.3 Å². The molecule has 3 rings (SSSR count). The Bertz CT molecular complexity index is 1150. The largest absolute Gasteiger partial charge is 0.493 e. The SMILES string of the molecule is COc1cc(C=NNc2ccc(C(F)(F)F)cc2)cc([N+](=O)[O-])c1OCc1ccc(C)cc1. The molecule has 0 spiro atoms. The second-order valence-electron chi connectivity index (χ2n) is 7.05. The number of nitrogens with zero attached hydrogens (tertiary/aromatic N) is 2. The molecule has 0 saturated carbocycles. The predicted molar refractivity (Wildman–Crippen MR) is 118 cm³/mol. The maximum absolute atomic E-state index is 12.6. The van der Waals surface area contributed by atoms with Gasteiger partial charge >= 0.3 is 11.9 Å². The molecule has 0 unspecified atom stereocenters. The summed E-state index contributed by atoms with van der Waals surface area (Å²) in [5, 5.41) is 15.6. The van der Waals surface area contributed by atoms with E-state index in [2.05, 4.69) is 10.5 Å². The number of rotatable bonds is 8. The van der Waals surface area contributed by atoms with E-state index in [0.717, 1.165) is 23.3 Å². The van der Waals surface area contributed by atoms with Gasteiger partial charge in [0.15, 0.2) is 5.75 Å². The van der Waals surface area contributed by atoms with Crippen LogP contribution in [0.3, 0.4) is 0 Å². The lowest BCUT2D eigenvalue weighted by atomic mass is 10.1. The number of nitro groups is 1. The highest BCUT2D eigenvalue weighted by Gasteiger charge is 2.29. The highest BCUT2D eigenvalue weighted by molar-refractivity contribution is 5.83.